The molecular formula is C16H26FN3. The van der Waals surface area contributed by atoms with Crippen molar-refractivity contribution in [2.45, 2.75) is 31.8 Å². The maximum absolute atomic E-state index is 14.2. The third-order valence-electron chi connectivity index (χ3n) is 4.79. The highest BCUT2D eigenvalue weighted by molar-refractivity contribution is 5.28. The van der Waals surface area contributed by atoms with Crippen molar-refractivity contribution in [3.05, 3.63) is 35.6 Å². The molecule has 1 aliphatic rings. The zero-order chi connectivity index (χ0) is 14.8. The van der Waals surface area contributed by atoms with E-state index in [1.165, 1.54) is 6.07 Å². The van der Waals surface area contributed by atoms with E-state index in [0.717, 1.165) is 32.6 Å². The van der Waals surface area contributed by atoms with Crippen molar-refractivity contribution in [3.63, 3.8) is 0 Å². The van der Waals surface area contributed by atoms with Gasteiger partial charge >= 0.3 is 0 Å². The predicted molar refractivity (Wildman–Crippen MR) is 81.1 cm³/mol. The van der Waals surface area contributed by atoms with E-state index in [1.54, 1.807) is 6.07 Å². The Bertz CT molecular complexity index is 443. The molecule has 1 aromatic rings. The van der Waals surface area contributed by atoms with Gasteiger partial charge in [-0.15, -0.1) is 0 Å². The minimum Gasteiger partial charge on any atom is -0.320 e. The summed E-state index contributed by atoms with van der Waals surface area (Å²) in [6.07, 6.45) is 0.724. The Labute approximate surface area is 121 Å². The van der Waals surface area contributed by atoms with Gasteiger partial charge in [0.15, 0.2) is 0 Å². The second kappa shape index (κ2) is 6.20. The molecule has 2 N–H and O–H groups in total. The first kappa shape index (κ1) is 15.4. The molecule has 2 atom stereocenters. The van der Waals surface area contributed by atoms with Gasteiger partial charge in [-0.25, -0.2) is 4.39 Å². The lowest BCUT2D eigenvalue weighted by atomic mass is 9.80. The molecule has 3 nitrogen and oxygen atoms in total. The fourth-order valence-corrected chi connectivity index (χ4v) is 3.08. The van der Waals surface area contributed by atoms with Crippen molar-refractivity contribution < 1.29 is 4.39 Å². The highest BCUT2D eigenvalue weighted by Gasteiger charge is 2.38. The molecule has 2 rings (SSSR count). The largest absolute Gasteiger partial charge is 0.320 e. The summed E-state index contributed by atoms with van der Waals surface area (Å²) >= 11 is 0. The summed E-state index contributed by atoms with van der Waals surface area (Å²) < 4.78 is 14.2. The van der Waals surface area contributed by atoms with Crippen LogP contribution in [0.15, 0.2) is 24.3 Å². The maximum Gasteiger partial charge on any atom is 0.128 e. The zero-order valence-electron chi connectivity index (χ0n) is 12.8. The van der Waals surface area contributed by atoms with Gasteiger partial charge < -0.3 is 10.6 Å². The summed E-state index contributed by atoms with van der Waals surface area (Å²) in [6, 6.07) is 7.04. The van der Waals surface area contributed by atoms with Gasteiger partial charge in [0.25, 0.3) is 0 Å². The molecule has 0 bridgehead atoms. The van der Waals surface area contributed by atoms with Crippen LogP contribution >= 0.6 is 0 Å². The number of rotatable bonds is 4. The Kier molecular flexibility index (Phi) is 4.78. The lowest BCUT2D eigenvalue weighted by Gasteiger charge is -2.45. The molecule has 0 radical (unpaired) electrons. The molecule has 20 heavy (non-hydrogen) atoms. The third-order valence-corrected chi connectivity index (χ3v) is 4.79. The van der Waals surface area contributed by atoms with Crippen molar-refractivity contribution in [1.82, 2.24) is 9.80 Å². The fourth-order valence-electron chi connectivity index (χ4n) is 3.08. The van der Waals surface area contributed by atoms with Crippen LogP contribution in [-0.4, -0.2) is 49.1 Å². The van der Waals surface area contributed by atoms with Crippen LogP contribution < -0.4 is 5.73 Å². The second-order valence-corrected chi connectivity index (χ2v) is 5.89. The summed E-state index contributed by atoms with van der Waals surface area (Å²) in [5, 5.41) is 0. The van der Waals surface area contributed by atoms with E-state index in [0.29, 0.717) is 5.56 Å². The molecule has 2 unspecified atom stereocenters. The van der Waals surface area contributed by atoms with Crippen molar-refractivity contribution in [1.29, 1.82) is 0 Å². The molecule has 1 saturated heterocycles. The average molecular weight is 279 g/mol. The highest BCUT2D eigenvalue weighted by atomic mass is 19.1. The minimum atomic E-state index is -0.638. The lowest BCUT2D eigenvalue weighted by Crippen LogP contribution is -2.59. The Balaban J connectivity index is 2.24. The van der Waals surface area contributed by atoms with Crippen LogP contribution in [0.2, 0.25) is 0 Å². The molecular weight excluding hydrogens is 253 g/mol. The number of hydrogen-bond acceptors (Lipinski definition) is 3. The SMILES string of the molecule is CCC(N)(c1ccccc1F)C(C)N1CCN(C)CC1. The van der Waals surface area contributed by atoms with E-state index < -0.39 is 5.54 Å². The van der Waals surface area contributed by atoms with E-state index >= 15 is 0 Å². The number of likely N-dealkylation sites (N-methyl/N-ethyl adjacent to an activating group) is 1. The van der Waals surface area contributed by atoms with Crippen molar-refractivity contribution >= 4 is 0 Å². The van der Waals surface area contributed by atoms with Crippen LogP contribution in [-0.2, 0) is 5.54 Å². The van der Waals surface area contributed by atoms with E-state index in [9.17, 15) is 4.39 Å². The summed E-state index contributed by atoms with van der Waals surface area (Å²) in [6.45, 7) is 8.24. The zero-order valence-corrected chi connectivity index (χ0v) is 12.8. The smallest absolute Gasteiger partial charge is 0.128 e. The first-order chi connectivity index (χ1) is 9.49. The van der Waals surface area contributed by atoms with Crippen molar-refractivity contribution in [2.24, 2.45) is 5.73 Å². The van der Waals surface area contributed by atoms with Crippen LogP contribution in [0.3, 0.4) is 0 Å². The molecule has 0 spiro atoms. The standard InChI is InChI=1S/C16H26FN3/c1-4-16(18,14-7-5-6-8-15(14)17)13(2)20-11-9-19(3)10-12-20/h5-8,13H,4,9-12,18H2,1-3H3. The predicted octanol–water partition coefficient (Wildman–Crippen LogP) is 2.03. The first-order valence-electron chi connectivity index (χ1n) is 7.45. The Hall–Kier alpha value is -0.970. The topological polar surface area (TPSA) is 32.5 Å². The second-order valence-electron chi connectivity index (χ2n) is 5.89. The average Bonchev–Trinajstić information content (AvgIpc) is 2.47. The molecule has 0 aromatic heterocycles. The number of hydrogen-bond donors (Lipinski definition) is 1. The normalized spacial score (nSPS) is 22.4. The summed E-state index contributed by atoms with van der Waals surface area (Å²) in [7, 11) is 2.13. The van der Waals surface area contributed by atoms with Crippen LogP contribution in [0.25, 0.3) is 0 Å². The van der Waals surface area contributed by atoms with Crippen LogP contribution in [0.5, 0.6) is 0 Å². The lowest BCUT2D eigenvalue weighted by molar-refractivity contribution is 0.0725. The summed E-state index contributed by atoms with van der Waals surface area (Å²) in [5.74, 6) is -0.196. The molecule has 1 heterocycles. The molecule has 112 valence electrons. The summed E-state index contributed by atoms with van der Waals surface area (Å²) in [4.78, 5) is 4.70. The number of nitrogens with zero attached hydrogens (tertiary/aromatic N) is 2. The van der Waals surface area contributed by atoms with E-state index in [-0.39, 0.29) is 11.9 Å². The third kappa shape index (κ3) is 2.87. The van der Waals surface area contributed by atoms with Crippen molar-refractivity contribution in [3.8, 4) is 0 Å². The Morgan fingerprint density at radius 2 is 1.85 bits per heavy atom. The van der Waals surface area contributed by atoms with Gasteiger partial charge in [-0.3, -0.25) is 4.90 Å². The Morgan fingerprint density at radius 3 is 2.40 bits per heavy atom. The van der Waals surface area contributed by atoms with E-state index in [1.807, 2.05) is 19.1 Å². The molecule has 0 amide bonds. The van der Waals surface area contributed by atoms with Gasteiger partial charge in [0.1, 0.15) is 5.82 Å². The molecule has 0 aliphatic carbocycles. The molecule has 4 heteroatoms. The van der Waals surface area contributed by atoms with Gasteiger partial charge in [-0.2, -0.15) is 0 Å². The van der Waals surface area contributed by atoms with Gasteiger partial charge in [0, 0.05) is 37.8 Å². The number of piperazine rings is 1. The van der Waals surface area contributed by atoms with Crippen molar-refractivity contribution in [2.75, 3.05) is 33.2 Å². The van der Waals surface area contributed by atoms with Crippen LogP contribution in [0, 0.1) is 5.82 Å². The fraction of sp³-hybridized carbons (Fsp3) is 0.625. The minimum absolute atomic E-state index is 0.123. The maximum atomic E-state index is 14.2. The number of halogens is 1. The summed E-state index contributed by atoms with van der Waals surface area (Å²) in [5.41, 5.74) is 6.63. The highest BCUT2D eigenvalue weighted by Crippen LogP contribution is 2.31. The van der Waals surface area contributed by atoms with Gasteiger partial charge in [-0.05, 0) is 26.5 Å². The molecule has 1 aliphatic heterocycles. The Morgan fingerprint density at radius 1 is 1.25 bits per heavy atom. The van der Waals surface area contributed by atoms with E-state index in [2.05, 4.69) is 23.8 Å². The molecule has 1 fully saturated rings. The quantitative estimate of drug-likeness (QED) is 0.915. The molecule has 0 saturated carbocycles. The van der Waals surface area contributed by atoms with Gasteiger partial charge in [-0.1, -0.05) is 25.1 Å². The first-order valence-corrected chi connectivity index (χ1v) is 7.45. The number of nitrogens with two attached hydrogens (primary N) is 1. The molecule has 1 aromatic carbocycles. The number of benzene rings is 1. The van der Waals surface area contributed by atoms with Crippen LogP contribution in [0.1, 0.15) is 25.8 Å². The van der Waals surface area contributed by atoms with Gasteiger partial charge in [0.05, 0.1) is 5.54 Å². The van der Waals surface area contributed by atoms with E-state index in [4.69, 9.17) is 5.73 Å². The van der Waals surface area contributed by atoms with Crippen LogP contribution in [0.4, 0.5) is 4.39 Å². The van der Waals surface area contributed by atoms with Gasteiger partial charge in [0.2, 0.25) is 0 Å². The monoisotopic (exact) mass is 279 g/mol.